The molecule has 0 bridgehead atoms. The van der Waals surface area contributed by atoms with Gasteiger partial charge in [0.25, 0.3) is 12.3 Å². The Hall–Kier alpha value is -3.33. The Morgan fingerprint density at radius 2 is 2.00 bits per heavy atom. The highest BCUT2D eigenvalue weighted by molar-refractivity contribution is 6.33. The van der Waals surface area contributed by atoms with Crippen LogP contribution in [-0.4, -0.2) is 30.6 Å². The zero-order valence-electron chi connectivity index (χ0n) is 16.9. The number of anilines is 1. The van der Waals surface area contributed by atoms with Crippen LogP contribution in [0.3, 0.4) is 0 Å². The second-order valence-corrected chi connectivity index (χ2v) is 8.11. The number of hydrogen-bond donors (Lipinski definition) is 2. The number of imidazole rings is 1. The van der Waals surface area contributed by atoms with E-state index in [1.807, 2.05) is 0 Å². The lowest BCUT2D eigenvalue weighted by Crippen LogP contribution is -2.12. The Kier molecular flexibility index (Phi) is 5.34. The van der Waals surface area contributed by atoms with Crippen LogP contribution >= 0.6 is 11.6 Å². The Bertz CT molecular complexity index is 1320. The first-order valence-corrected chi connectivity index (χ1v) is 10.7. The van der Waals surface area contributed by atoms with Crippen LogP contribution in [0.25, 0.3) is 22.4 Å². The predicted molar refractivity (Wildman–Crippen MR) is 117 cm³/mol. The molecule has 2 aromatic heterocycles. The normalized spacial score (nSPS) is 13.9. The van der Waals surface area contributed by atoms with E-state index in [0.717, 1.165) is 38.1 Å². The first kappa shape index (κ1) is 20.6. The van der Waals surface area contributed by atoms with Crippen LogP contribution in [0, 0.1) is 0 Å². The van der Waals surface area contributed by atoms with E-state index in [0.29, 0.717) is 38.7 Å². The molecule has 2 aromatic carbocycles. The van der Waals surface area contributed by atoms with Crippen LogP contribution in [0.1, 0.15) is 47.7 Å². The van der Waals surface area contributed by atoms with Gasteiger partial charge in [-0.15, -0.1) is 10.2 Å². The van der Waals surface area contributed by atoms with Gasteiger partial charge in [0.1, 0.15) is 5.82 Å². The fraction of sp³-hybridized carbons (Fsp3) is 0.273. The van der Waals surface area contributed by atoms with Crippen molar-refractivity contribution in [3.05, 3.63) is 58.6 Å². The summed E-state index contributed by atoms with van der Waals surface area (Å²) in [5.41, 5.74) is 2.29. The van der Waals surface area contributed by atoms with Crippen LogP contribution in [0.5, 0.6) is 0 Å². The molecule has 0 radical (unpaired) electrons. The minimum atomic E-state index is -2.71. The van der Waals surface area contributed by atoms with Crippen molar-refractivity contribution in [2.45, 2.75) is 38.7 Å². The largest absolute Gasteiger partial charge is 0.337 e. The highest BCUT2D eigenvalue weighted by Crippen LogP contribution is 2.31. The molecule has 1 aliphatic rings. The molecule has 3 heterocycles. The Morgan fingerprint density at radius 1 is 1.12 bits per heavy atom. The number of rotatable bonds is 4. The van der Waals surface area contributed by atoms with E-state index < -0.39 is 12.2 Å². The number of aromatic amines is 1. The van der Waals surface area contributed by atoms with Crippen LogP contribution in [0.15, 0.2) is 36.4 Å². The number of H-pyrrole nitrogens is 1. The number of fused-ring (bicyclic) bond motifs is 2. The smallest absolute Gasteiger partial charge is 0.295 e. The topological polar surface area (TPSA) is 88.5 Å². The molecule has 7 nitrogen and oxygen atoms in total. The van der Waals surface area contributed by atoms with Crippen LogP contribution in [0.4, 0.5) is 14.5 Å². The molecule has 0 saturated heterocycles. The highest BCUT2D eigenvalue weighted by atomic mass is 35.5. The monoisotopic (exact) mass is 456 g/mol. The number of alkyl halides is 2. The average Bonchev–Trinajstić information content (AvgIpc) is 3.32. The first-order chi connectivity index (χ1) is 15.5. The molecule has 0 spiro atoms. The number of nitrogens with one attached hydrogen (secondary N) is 2. The number of carbonyl (C=O) groups excluding carboxylic acids is 1. The van der Waals surface area contributed by atoms with Gasteiger partial charge in [0.15, 0.2) is 11.6 Å². The molecule has 32 heavy (non-hydrogen) atoms. The second kappa shape index (κ2) is 8.31. The summed E-state index contributed by atoms with van der Waals surface area (Å²) in [6, 6.07) is 9.75. The standard InChI is InChI=1S/C22H19ClF2N6O/c23-15-7-6-13(11-14(15)21-30-29-18-4-2-1-3-9-31(18)21)26-22(32)12-5-8-16-17(10-12)28-20(27-16)19(24)25/h5-8,10-11,19H,1-4,9H2,(H,26,32)(H,27,28). The maximum Gasteiger partial charge on any atom is 0.295 e. The van der Waals surface area contributed by atoms with E-state index in [1.165, 1.54) is 12.1 Å². The van der Waals surface area contributed by atoms with Gasteiger partial charge >= 0.3 is 0 Å². The molecular weight excluding hydrogens is 438 g/mol. The number of aromatic nitrogens is 5. The molecule has 10 heteroatoms. The van der Waals surface area contributed by atoms with Gasteiger partial charge in [-0.2, -0.15) is 0 Å². The average molecular weight is 457 g/mol. The quantitative estimate of drug-likeness (QED) is 0.431. The van der Waals surface area contributed by atoms with Crippen LogP contribution in [0.2, 0.25) is 5.02 Å². The number of nitrogens with zero attached hydrogens (tertiary/aromatic N) is 4. The van der Waals surface area contributed by atoms with E-state index in [1.54, 1.807) is 24.3 Å². The third-order valence-electron chi connectivity index (χ3n) is 5.54. The fourth-order valence-electron chi connectivity index (χ4n) is 3.94. The van der Waals surface area contributed by atoms with Crippen molar-refractivity contribution in [3.63, 3.8) is 0 Å². The lowest BCUT2D eigenvalue weighted by molar-refractivity contribution is 0.102. The number of benzene rings is 2. The number of carbonyl (C=O) groups is 1. The summed E-state index contributed by atoms with van der Waals surface area (Å²) in [5.74, 6) is 0.821. The molecule has 2 N–H and O–H groups in total. The molecular formula is C22H19ClF2N6O. The maximum atomic E-state index is 12.9. The highest BCUT2D eigenvalue weighted by Gasteiger charge is 2.19. The van der Waals surface area contributed by atoms with E-state index in [-0.39, 0.29) is 5.91 Å². The SMILES string of the molecule is O=C(Nc1ccc(Cl)c(-c2nnc3n2CCCCC3)c1)c1ccc2nc(C(F)F)[nH]c2c1. The van der Waals surface area contributed by atoms with Crippen molar-refractivity contribution in [1.29, 1.82) is 0 Å². The number of hydrogen-bond acceptors (Lipinski definition) is 4. The summed E-state index contributed by atoms with van der Waals surface area (Å²) >= 11 is 6.45. The van der Waals surface area contributed by atoms with Crippen molar-refractivity contribution >= 4 is 34.2 Å². The third-order valence-corrected chi connectivity index (χ3v) is 5.87. The minimum Gasteiger partial charge on any atom is -0.337 e. The number of amides is 1. The van der Waals surface area contributed by atoms with Crippen LogP contribution < -0.4 is 5.32 Å². The first-order valence-electron chi connectivity index (χ1n) is 10.3. The van der Waals surface area contributed by atoms with Gasteiger partial charge in [0, 0.05) is 29.8 Å². The summed E-state index contributed by atoms with van der Waals surface area (Å²) in [6.45, 7) is 0.829. The Balaban J connectivity index is 1.42. The summed E-state index contributed by atoms with van der Waals surface area (Å²) in [7, 11) is 0. The van der Waals surface area contributed by atoms with Crippen molar-refractivity contribution in [2.75, 3.05) is 5.32 Å². The molecule has 164 valence electrons. The second-order valence-electron chi connectivity index (χ2n) is 7.71. The number of aryl methyl sites for hydroxylation is 1. The van der Waals surface area contributed by atoms with Crippen molar-refractivity contribution in [3.8, 4) is 11.4 Å². The Labute approximate surface area is 186 Å². The fourth-order valence-corrected chi connectivity index (χ4v) is 4.14. The Morgan fingerprint density at radius 3 is 2.84 bits per heavy atom. The van der Waals surface area contributed by atoms with Crippen molar-refractivity contribution < 1.29 is 13.6 Å². The van der Waals surface area contributed by atoms with Gasteiger partial charge in [-0.1, -0.05) is 18.0 Å². The maximum absolute atomic E-state index is 12.9. The third kappa shape index (κ3) is 3.84. The summed E-state index contributed by atoms with van der Waals surface area (Å²) in [6.07, 6.45) is 1.45. The zero-order valence-corrected chi connectivity index (χ0v) is 17.7. The van der Waals surface area contributed by atoms with E-state index in [4.69, 9.17) is 11.6 Å². The van der Waals surface area contributed by atoms with E-state index in [2.05, 4.69) is 30.0 Å². The molecule has 0 aliphatic carbocycles. The van der Waals surface area contributed by atoms with E-state index >= 15 is 0 Å². The summed E-state index contributed by atoms with van der Waals surface area (Å²) in [4.78, 5) is 19.2. The summed E-state index contributed by atoms with van der Waals surface area (Å²) in [5, 5.41) is 12.0. The molecule has 1 aliphatic heterocycles. The van der Waals surface area contributed by atoms with Gasteiger partial charge in [-0.3, -0.25) is 4.79 Å². The molecule has 0 atom stereocenters. The van der Waals surface area contributed by atoms with Crippen molar-refractivity contribution in [1.82, 2.24) is 24.7 Å². The van der Waals surface area contributed by atoms with Gasteiger partial charge in [0.05, 0.1) is 16.1 Å². The van der Waals surface area contributed by atoms with E-state index in [9.17, 15) is 13.6 Å². The van der Waals surface area contributed by atoms with Crippen molar-refractivity contribution in [2.24, 2.45) is 0 Å². The summed E-state index contributed by atoms with van der Waals surface area (Å²) < 4.78 is 27.8. The minimum absolute atomic E-state index is 0.315. The molecule has 0 saturated carbocycles. The van der Waals surface area contributed by atoms with Gasteiger partial charge < -0.3 is 14.9 Å². The lowest BCUT2D eigenvalue weighted by Gasteiger charge is -2.11. The molecule has 1 amide bonds. The van der Waals surface area contributed by atoms with Gasteiger partial charge in [0.2, 0.25) is 0 Å². The van der Waals surface area contributed by atoms with Gasteiger partial charge in [-0.25, -0.2) is 13.8 Å². The number of halogens is 3. The molecule has 0 unspecified atom stereocenters. The van der Waals surface area contributed by atoms with Gasteiger partial charge in [-0.05, 0) is 49.2 Å². The predicted octanol–water partition coefficient (Wildman–Crippen LogP) is 5.39. The molecule has 5 rings (SSSR count). The van der Waals surface area contributed by atoms with Crippen LogP contribution in [-0.2, 0) is 13.0 Å². The lowest BCUT2D eigenvalue weighted by atomic mass is 10.1. The zero-order chi connectivity index (χ0) is 22.2. The molecule has 0 fully saturated rings. The molecule has 4 aromatic rings.